The van der Waals surface area contributed by atoms with Crippen LogP contribution in [0, 0.1) is 5.95 Å². The van der Waals surface area contributed by atoms with Crippen LogP contribution in [0.4, 0.5) is 4.39 Å². The molecular formula is C14H12ClFN2O3S. The Kier molecular flexibility index (Phi) is 5.10. The van der Waals surface area contributed by atoms with Crippen LogP contribution in [0.3, 0.4) is 0 Å². The second-order valence-corrected chi connectivity index (χ2v) is 5.82. The predicted octanol–water partition coefficient (Wildman–Crippen LogP) is 2.57. The topological polar surface area (TPSA) is 68.3 Å². The van der Waals surface area contributed by atoms with Crippen LogP contribution in [0.2, 0.25) is 5.02 Å². The quantitative estimate of drug-likeness (QED) is 0.867. The first kappa shape index (κ1) is 16.4. The van der Waals surface area contributed by atoms with Gasteiger partial charge in [-0.2, -0.15) is 4.39 Å². The number of pyridine rings is 1. The SMILES string of the molecule is COc1cc(C(=O)NS(C)=O)ccc1-c1cnc(F)c(Cl)c1. The number of carbonyl (C=O) groups is 1. The molecule has 1 amide bonds. The standard InChI is InChI=1S/C14H12ClFN2O3S/c1-21-12-6-8(14(19)18-22(2)20)3-4-10(12)9-5-11(15)13(16)17-7-9/h3-7H,1-2H3,(H,18,19). The number of halogens is 2. The number of ether oxygens (including phenoxy) is 1. The van der Waals surface area contributed by atoms with Crippen LogP contribution in [0.15, 0.2) is 30.5 Å². The predicted molar refractivity (Wildman–Crippen MR) is 82.7 cm³/mol. The highest BCUT2D eigenvalue weighted by Crippen LogP contribution is 2.32. The Balaban J connectivity index is 2.43. The highest BCUT2D eigenvalue weighted by atomic mass is 35.5. The lowest BCUT2D eigenvalue weighted by Crippen LogP contribution is -2.24. The molecule has 0 saturated heterocycles. The monoisotopic (exact) mass is 342 g/mol. The number of methoxy groups -OCH3 is 1. The Morgan fingerprint density at radius 2 is 2.14 bits per heavy atom. The highest BCUT2D eigenvalue weighted by Gasteiger charge is 2.13. The van der Waals surface area contributed by atoms with Crippen LogP contribution in [-0.4, -0.2) is 28.5 Å². The van der Waals surface area contributed by atoms with Crippen molar-refractivity contribution in [1.82, 2.24) is 9.71 Å². The molecule has 5 nitrogen and oxygen atoms in total. The van der Waals surface area contributed by atoms with Crippen molar-refractivity contribution in [2.24, 2.45) is 0 Å². The van der Waals surface area contributed by atoms with E-state index in [1.54, 1.807) is 6.07 Å². The second kappa shape index (κ2) is 6.85. The van der Waals surface area contributed by atoms with Gasteiger partial charge in [0.05, 0.1) is 12.1 Å². The first-order valence-corrected chi connectivity index (χ1v) is 8.00. The van der Waals surface area contributed by atoms with Gasteiger partial charge in [-0.1, -0.05) is 11.6 Å². The molecule has 1 aromatic heterocycles. The van der Waals surface area contributed by atoms with E-state index in [1.165, 1.54) is 37.8 Å². The van der Waals surface area contributed by atoms with Crippen LogP contribution in [-0.2, 0) is 11.0 Å². The maximum atomic E-state index is 13.1. The fraction of sp³-hybridized carbons (Fsp3) is 0.143. The summed E-state index contributed by atoms with van der Waals surface area (Å²) in [6.45, 7) is 0. The maximum Gasteiger partial charge on any atom is 0.263 e. The number of aromatic nitrogens is 1. The summed E-state index contributed by atoms with van der Waals surface area (Å²) in [7, 11) is -0.0197. The third-order valence-corrected chi connectivity index (χ3v) is 3.55. The lowest BCUT2D eigenvalue weighted by Gasteiger charge is -2.11. The van der Waals surface area contributed by atoms with E-state index in [1.807, 2.05) is 0 Å². The lowest BCUT2D eigenvalue weighted by atomic mass is 10.0. The largest absolute Gasteiger partial charge is 0.496 e. The molecule has 116 valence electrons. The van der Waals surface area contributed by atoms with E-state index in [2.05, 4.69) is 9.71 Å². The zero-order valence-corrected chi connectivity index (χ0v) is 13.3. The molecule has 2 aromatic rings. The summed E-state index contributed by atoms with van der Waals surface area (Å²) < 4.78 is 31.7. The Labute approximate surface area is 134 Å². The van der Waals surface area contributed by atoms with Gasteiger partial charge in [0.1, 0.15) is 16.7 Å². The number of hydrogen-bond acceptors (Lipinski definition) is 4. The van der Waals surface area contributed by atoms with Crippen molar-refractivity contribution in [3.05, 3.63) is 47.0 Å². The molecule has 0 aliphatic heterocycles. The molecule has 0 fully saturated rings. The van der Waals surface area contributed by atoms with Gasteiger partial charge in [-0.25, -0.2) is 9.19 Å². The van der Waals surface area contributed by atoms with Crippen molar-refractivity contribution in [3.63, 3.8) is 0 Å². The number of hydrogen-bond donors (Lipinski definition) is 1. The van der Waals surface area contributed by atoms with Crippen molar-refractivity contribution in [3.8, 4) is 16.9 Å². The summed E-state index contributed by atoms with van der Waals surface area (Å²) in [5.74, 6) is -0.856. The van der Waals surface area contributed by atoms with Gasteiger partial charge in [-0.3, -0.25) is 9.52 Å². The lowest BCUT2D eigenvalue weighted by molar-refractivity contribution is 0.0983. The molecular weight excluding hydrogens is 331 g/mol. The van der Waals surface area contributed by atoms with E-state index in [0.717, 1.165) is 0 Å². The van der Waals surface area contributed by atoms with E-state index in [4.69, 9.17) is 16.3 Å². The minimum atomic E-state index is -1.46. The number of amides is 1. The second-order valence-electron chi connectivity index (χ2n) is 4.30. The zero-order chi connectivity index (χ0) is 16.3. The first-order chi connectivity index (χ1) is 10.4. The molecule has 0 aliphatic carbocycles. The molecule has 22 heavy (non-hydrogen) atoms. The van der Waals surface area contributed by atoms with Gasteiger partial charge in [-0.05, 0) is 24.3 Å². The molecule has 1 heterocycles. The zero-order valence-electron chi connectivity index (χ0n) is 11.7. The minimum Gasteiger partial charge on any atom is -0.496 e. The average Bonchev–Trinajstić information content (AvgIpc) is 2.48. The fourth-order valence-corrected chi connectivity index (χ4v) is 2.37. The average molecular weight is 343 g/mol. The smallest absolute Gasteiger partial charge is 0.263 e. The van der Waals surface area contributed by atoms with E-state index < -0.39 is 22.8 Å². The molecule has 0 bridgehead atoms. The van der Waals surface area contributed by atoms with Crippen molar-refractivity contribution in [2.45, 2.75) is 0 Å². The van der Waals surface area contributed by atoms with Gasteiger partial charge >= 0.3 is 0 Å². The first-order valence-electron chi connectivity index (χ1n) is 6.06. The van der Waals surface area contributed by atoms with Crippen LogP contribution < -0.4 is 9.46 Å². The van der Waals surface area contributed by atoms with E-state index in [9.17, 15) is 13.4 Å². The third kappa shape index (κ3) is 3.61. The Hall–Kier alpha value is -1.99. The van der Waals surface area contributed by atoms with Crippen LogP contribution in [0.25, 0.3) is 11.1 Å². The number of rotatable bonds is 4. The highest BCUT2D eigenvalue weighted by molar-refractivity contribution is 7.82. The van der Waals surface area contributed by atoms with Crippen molar-refractivity contribution in [1.29, 1.82) is 0 Å². The van der Waals surface area contributed by atoms with Gasteiger partial charge in [0.25, 0.3) is 5.91 Å². The summed E-state index contributed by atoms with van der Waals surface area (Å²) in [5, 5.41) is -0.109. The summed E-state index contributed by atoms with van der Waals surface area (Å²) >= 11 is 5.72. The molecule has 0 spiro atoms. The summed E-state index contributed by atoms with van der Waals surface area (Å²) in [6.07, 6.45) is 2.68. The normalized spacial score (nSPS) is 11.8. The molecule has 1 unspecified atom stereocenters. The van der Waals surface area contributed by atoms with E-state index >= 15 is 0 Å². The third-order valence-electron chi connectivity index (χ3n) is 2.81. The molecule has 0 saturated carbocycles. The van der Waals surface area contributed by atoms with E-state index in [-0.39, 0.29) is 10.6 Å². The van der Waals surface area contributed by atoms with Gasteiger partial charge in [0.2, 0.25) is 5.95 Å². The molecule has 8 heteroatoms. The number of nitrogens with one attached hydrogen (secondary N) is 1. The van der Waals surface area contributed by atoms with Gasteiger partial charge in [0.15, 0.2) is 0 Å². The summed E-state index contributed by atoms with van der Waals surface area (Å²) in [6, 6.07) is 6.08. The summed E-state index contributed by atoms with van der Waals surface area (Å²) in [5.41, 5.74) is 1.44. The fourth-order valence-electron chi connectivity index (χ4n) is 1.83. The number of benzene rings is 1. The summed E-state index contributed by atoms with van der Waals surface area (Å²) in [4.78, 5) is 15.4. The Morgan fingerprint density at radius 1 is 1.41 bits per heavy atom. The van der Waals surface area contributed by atoms with Crippen LogP contribution in [0.5, 0.6) is 5.75 Å². The van der Waals surface area contributed by atoms with Crippen molar-refractivity contribution in [2.75, 3.05) is 13.4 Å². The molecule has 0 radical (unpaired) electrons. The molecule has 2 rings (SSSR count). The Morgan fingerprint density at radius 3 is 2.73 bits per heavy atom. The minimum absolute atomic E-state index is 0.109. The molecule has 0 aliphatic rings. The molecule has 1 atom stereocenters. The van der Waals surface area contributed by atoms with Crippen LogP contribution in [0.1, 0.15) is 10.4 Å². The van der Waals surface area contributed by atoms with Gasteiger partial charge in [0, 0.05) is 29.1 Å². The number of carbonyl (C=O) groups excluding carboxylic acids is 1. The molecule has 1 aromatic carbocycles. The van der Waals surface area contributed by atoms with Crippen molar-refractivity contribution < 1.29 is 18.1 Å². The van der Waals surface area contributed by atoms with E-state index in [0.29, 0.717) is 16.9 Å². The van der Waals surface area contributed by atoms with Crippen molar-refractivity contribution >= 4 is 28.5 Å². The maximum absolute atomic E-state index is 13.1. The number of nitrogens with zero attached hydrogens (tertiary/aromatic N) is 1. The molecule has 1 N–H and O–H groups in total. The van der Waals surface area contributed by atoms with Gasteiger partial charge in [-0.15, -0.1) is 0 Å². The Bertz CT molecular complexity index is 755. The van der Waals surface area contributed by atoms with Crippen LogP contribution >= 0.6 is 11.6 Å². The van der Waals surface area contributed by atoms with Gasteiger partial charge < -0.3 is 4.74 Å².